The van der Waals surface area contributed by atoms with E-state index in [1.165, 1.54) is 14.2 Å². The topological polar surface area (TPSA) is 101 Å². The highest BCUT2D eigenvalue weighted by Gasteiger charge is 2.38. The maximum absolute atomic E-state index is 13.2. The maximum Gasteiger partial charge on any atom is 0.312 e. The molecule has 0 amide bonds. The van der Waals surface area contributed by atoms with Gasteiger partial charge in [-0.1, -0.05) is 12.1 Å². The lowest BCUT2D eigenvalue weighted by Crippen LogP contribution is -2.21. The average molecular weight is 474 g/mol. The number of phenolic OH excluding ortho intramolecular Hbond substituents is 1. The van der Waals surface area contributed by atoms with Gasteiger partial charge in [0.15, 0.2) is 28.8 Å². The van der Waals surface area contributed by atoms with Crippen molar-refractivity contribution >= 4 is 17.8 Å². The van der Waals surface area contributed by atoms with Crippen LogP contribution in [0.15, 0.2) is 54.3 Å². The van der Waals surface area contributed by atoms with Crippen molar-refractivity contribution in [1.29, 1.82) is 0 Å². The molecule has 2 heterocycles. The standard InChI is InChI=1S/C27H22O8/c1-31-19-8-5-15(12-18(19)28)17-13-24(29)34-21-9-6-16-26(30)23(35-27(16)25(17)21)11-14-4-7-20(32-2)22(10-14)33-3/h4-12,17,28H,13H2,1-3H3/b23-11-/t17-/m0/s1. The third kappa shape index (κ3) is 3.82. The van der Waals surface area contributed by atoms with Crippen molar-refractivity contribution in [3.63, 3.8) is 0 Å². The van der Waals surface area contributed by atoms with Gasteiger partial charge in [-0.25, -0.2) is 0 Å². The molecule has 2 aliphatic heterocycles. The van der Waals surface area contributed by atoms with Crippen molar-refractivity contribution in [1.82, 2.24) is 0 Å². The predicted octanol–water partition coefficient (Wildman–Crippen LogP) is 4.48. The number of methoxy groups -OCH3 is 3. The fourth-order valence-corrected chi connectivity index (χ4v) is 4.41. The Bertz CT molecular complexity index is 1390. The molecule has 0 bridgehead atoms. The molecule has 0 radical (unpaired) electrons. The molecule has 1 N–H and O–H groups in total. The summed E-state index contributed by atoms with van der Waals surface area (Å²) in [6.07, 6.45) is 1.65. The number of carbonyl (C=O) groups excluding carboxylic acids is 2. The maximum atomic E-state index is 13.2. The lowest BCUT2D eigenvalue weighted by molar-refractivity contribution is -0.135. The van der Waals surface area contributed by atoms with Crippen molar-refractivity contribution in [2.24, 2.45) is 0 Å². The number of Topliss-reactive ketones (excluding diaryl/α,β-unsaturated/α-hetero) is 1. The van der Waals surface area contributed by atoms with Crippen molar-refractivity contribution < 1.29 is 38.4 Å². The van der Waals surface area contributed by atoms with E-state index in [1.807, 2.05) is 0 Å². The zero-order valence-corrected chi connectivity index (χ0v) is 19.3. The van der Waals surface area contributed by atoms with E-state index in [4.69, 9.17) is 23.7 Å². The summed E-state index contributed by atoms with van der Waals surface area (Å²) in [6, 6.07) is 13.4. The van der Waals surface area contributed by atoms with Gasteiger partial charge in [-0.15, -0.1) is 0 Å². The molecule has 0 saturated heterocycles. The van der Waals surface area contributed by atoms with Crippen LogP contribution in [0.25, 0.3) is 6.08 Å². The lowest BCUT2D eigenvalue weighted by Gasteiger charge is -2.26. The number of ether oxygens (including phenoxy) is 5. The molecule has 0 unspecified atom stereocenters. The molecule has 5 rings (SSSR count). The second-order valence-corrected chi connectivity index (χ2v) is 8.07. The van der Waals surface area contributed by atoms with E-state index < -0.39 is 11.9 Å². The number of carbonyl (C=O) groups is 2. The number of benzene rings is 3. The normalized spacial score (nSPS) is 17.3. The second kappa shape index (κ2) is 8.72. The first-order valence-electron chi connectivity index (χ1n) is 10.8. The Kier molecular flexibility index (Phi) is 5.56. The van der Waals surface area contributed by atoms with Gasteiger partial charge in [-0.3, -0.25) is 9.59 Å². The van der Waals surface area contributed by atoms with Gasteiger partial charge in [0.25, 0.3) is 0 Å². The molecule has 0 fully saturated rings. The van der Waals surface area contributed by atoms with Crippen LogP contribution in [0.2, 0.25) is 0 Å². The largest absolute Gasteiger partial charge is 0.504 e. The van der Waals surface area contributed by atoms with Gasteiger partial charge in [0.1, 0.15) is 11.5 Å². The van der Waals surface area contributed by atoms with Crippen molar-refractivity contribution in [3.05, 3.63) is 76.5 Å². The van der Waals surface area contributed by atoms with Gasteiger partial charge in [0.2, 0.25) is 5.78 Å². The van der Waals surface area contributed by atoms with Crippen LogP contribution < -0.4 is 23.7 Å². The highest BCUT2D eigenvalue weighted by Crippen LogP contribution is 2.49. The summed E-state index contributed by atoms with van der Waals surface area (Å²) in [7, 11) is 4.54. The number of phenols is 1. The molecule has 3 aromatic carbocycles. The molecule has 0 saturated carbocycles. The molecule has 35 heavy (non-hydrogen) atoms. The third-order valence-electron chi connectivity index (χ3n) is 6.09. The number of esters is 1. The van der Waals surface area contributed by atoms with Crippen LogP contribution in [-0.4, -0.2) is 38.2 Å². The van der Waals surface area contributed by atoms with Crippen molar-refractivity contribution in [3.8, 4) is 34.5 Å². The molecule has 0 aliphatic carbocycles. The summed E-state index contributed by atoms with van der Waals surface area (Å²) in [6.45, 7) is 0. The molecule has 1 atom stereocenters. The molecule has 0 spiro atoms. The molecule has 0 aromatic heterocycles. The fraction of sp³-hybridized carbons (Fsp3) is 0.185. The summed E-state index contributed by atoms with van der Waals surface area (Å²) in [5, 5.41) is 10.3. The van der Waals surface area contributed by atoms with Gasteiger partial charge in [-0.2, -0.15) is 0 Å². The first-order valence-corrected chi connectivity index (χ1v) is 10.8. The van der Waals surface area contributed by atoms with E-state index in [0.29, 0.717) is 51.0 Å². The first kappa shape index (κ1) is 22.3. The molecule has 3 aromatic rings. The summed E-state index contributed by atoms with van der Waals surface area (Å²) in [4.78, 5) is 25.5. The van der Waals surface area contributed by atoms with E-state index in [2.05, 4.69) is 0 Å². The molecule has 8 heteroatoms. The minimum Gasteiger partial charge on any atom is -0.504 e. The van der Waals surface area contributed by atoms with Gasteiger partial charge in [-0.05, 0) is 53.6 Å². The highest BCUT2D eigenvalue weighted by molar-refractivity contribution is 6.15. The van der Waals surface area contributed by atoms with E-state index in [9.17, 15) is 14.7 Å². The van der Waals surface area contributed by atoms with Crippen LogP contribution >= 0.6 is 0 Å². The van der Waals surface area contributed by atoms with Crippen LogP contribution in [0.3, 0.4) is 0 Å². The smallest absolute Gasteiger partial charge is 0.312 e. The van der Waals surface area contributed by atoms with Crippen LogP contribution in [-0.2, 0) is 4.79 Å². The predicted molar refractivity (Wildman–Crippen MR) is 126 cm³/mol. The summed E-state index contributed by atoms with van der Waals surface area (Å²) >= 11 is 0. The lowest BCUT2D eigenvalue weighted by atomic mass is 9.84. The minimum atomic E-state index is -0.480. The van der Waals surface area contributed by atoms with Gasteiger partial charge < -0.3 is 28.8 Å². The fourth-order valence-electron chi connectivity index (χ4n) is 4.41. The average Bonchev–Trinajstić information content (AvgIpc) is 3.18. The Labute approximate surface area is 201 Å². The number of hydrogen-bond donors (Lipinski definition) is 1. The molecule has 8 nitrogen and oxygen atoms in total. The second-order valence-electron chi connectivity index (χ2n) is 8.07. The van der Waals surface area contributed by atoms with Crippen LogP contribution in [0.5, 0.6) is 34.5 Å². The molecular formula is C27H22O8. The number of ketones is 1. The quantitative estimate of drug-likeness (QED) is 0.328. The molecule has 2 aliphatic rings. The number of rotatable bonds is 5. The number of allylic oxidation sites excluding steroid dienone is 1. The van der Waals surface area contributed by atoms with Crippen molar-refractivity contribution in [2.75, 3.05) is 21.3 Å². The SMILES string of the molecule is COc1ccc([C@@H]2CC(=O)Oc3ccc4c(c32)O/C(=C\c2ccc(OC)c(OC)c2)C4=O)cc1O. The van der Waals surface area contributed by atoms with E-state index in [-0.39, 0.29) is 23.7 Å². The van der Waals surface area contributed by atoms with Crippen molar-refractivity contribution in [2.45, 2.75) is 12.3 Å². The Balaban J connectivity index is 1.57. The Hall–Kier alpha value is -4.46. The molecular weight excluding hydrogens is 452 g/mol. The number of hydrogen-bond acceptors (Lipinski definition) is 8. The highest BCUT2D eigenvalue weighted by atomic mass is 16.5. The Morgan fingerprint density at radius 2 is 1.63 bits per heavy atom. The Morgan fingerprint density at radius 1 is 0.886 bits per heavy atom. The van der Waals surface area contributed by atoms with Gasteiger partial charge in [0.05, 0.1) is 33.3 Å². The molecule has 178 valence electrons. The monoisotopic (exact) mass is 474 g/mol. The van der Waals surface area contributed by atoms with E-state index >= 15 is 0 Å². The summed E-state index contributed by atoms with van der Waals surface area (Å²) in [5.41, 5.74) is 2.31. The van der Waals surface area contributed by atoms with Gasteiger partial charge >= 0.3 is 5.97 Å². The summed E-state index contributed by atoms with van der Waals surface area (Å²) in [5.74, 6) is 0.967. The van der Waals surface area contributed by atoms with E-state index in [0.717, 1.165) is 0 Å². The van der Waals surface area contributed by atoms with Gasteiger partial charge in [0, 0.05) is 11.5 Å². The third-order valence-corrected chi connectivity index (χ3v) is 6.09. The first-order chi connectivity index (χ1) is 16.9. The number of fused-ring (bicyclic) bond motifs is 3. The Morgan fingerprint density at radius 3 is 2.34 bits per heavy atom. The van der Waals surface area contributed by atoms with Crippen LogP contribution in [0.1, 0.15) is 39.4 Å². The van der Waals surface area contributed by atoms with E-state index in [1.54, 1.807) is 61.7 Å². The summed E-state index contributed by atoms with van der Waals surface area (Å²) < 4.78 is 27.3. The van der Waals surface area contributed by atoms with Crippen LogP contribution in [0, 0.1) is 0 Å². The zero-order chi connectivity index (χ0) is 24.7. The number of aromatic hydroxyl groups is 1. The zero-order valence-electron chi connectivity index (χ0n) is 19.3. The minimum absolute atomic E-state index is 0.0293. The van der Waals surface area contributed by atoms with Crippen LogP contribution in [0.4, 0.5) is 0 Å².